The van der Waals surface area contributed by atoms with Crippen LogP contribution in [-0.4, -0.2) is 7.11 Å². The Morgan fingerprint density at radius 3 is 2.28 bits per heavy atom. The lowest BCUT2D eigenvalue weighted by Gasteiger charge is -2.14. The number of ether oxygens (including phenoxy) is 1. The minimum atomic E-state index is -0.424. The zero-order chi connectivity index (χ0) is 13.1. The Balaban J connectivity index is 2.34. The van der Waals surface area contributed by atoms with Crippen molar-refractivity contribution in [3.05, 3.63) is 65.2 Å². The molecule has 2 aromatic rings. The molecule has 0 spiro atoms. The van der Waals surface area contributed by atoms with Gasteiger partial charge in [-0.15, -0.1) is 0 Å². The third-order valence-electron chi connectivity index (χ3n) is 3.04. The molecule has 0 fully saturated rings. The van der Waals surface area contributed by atoms with Gasteiger partial charge in [0, 0.05) is 5.92 Å². The van der Waals surface area contributed by atoms with E-state index in [1.165, 1.54) is 6.07 Å². The predicted molar refractivity (Wildman–Crippen MR) is 66.9 cm³/mol. The summed E-state index contributed by atoms with van der Waals surface area (Å²) in [7, 11) is 1.59. The van der Waals surface area contributed by atoms with E-state index in [-0.39, 0.29) is 11.7 Å². The Bertz CT molecular complexity index is 535. The molecule has 0 amide bonds. The summed E-state index contributed by atoms with van der Waals surface area (Å²) in [6.07, 6.45) is 0. The Morgan fingerprint density at radius 2 is 1.67 bits per heavy atom. The van der Waals surface area contributed by atoms with E-state index in [4.69, 9.17) is 4.74 Å². The maximum atomic E-state index is 13.7. The van der Waals surface area contributed by atoms with Crippen LogP contribution in [0.5, 0.6) is 5.75 Å². The number of rotatable bonds is 3. The normalized spacial score (nSPS) is 12.2. The Labute approximate surface area is 105 Å². The van der Waals surface area contributed by atoms with E-state index < -0.39 is 5.82 Å². The van der Waals surface area contributed by atoms with Crippen molar-refractivity contribution < 1.29 is 13.5 Å². The monoisotopic (exact) mass is 248 g/mol. The van der Waals surface area contributed by atoms with Crippen LogP contribution < -0.4 is 4.74 Å². The van der Waals surface area contributed by atoms with Gasteiger partial charge in [0.15, 0.2) is 0 Å². The van der Waals surface area contributed by atoms with Crippen LogP contribution in [0.15, 0.2) is 42.5 Å². The molecule has 0 bridgehead atoms. The molecule has 0 saturated carbocycles. The van der Waals surface area contributed by atoms with Gasteiger partial charge in [-0.2, -0.15) is 0 Å². The average molecular weight is 248 g/mol. The molecule has 2 rings (SSSR count). The van der Waals surface area contributed by atoms with Gasteiger partial charge in [0.2, 0.25) is 0 Å². The van der Waals surface area contributed by atoms with E-state index in [2.05, 4.69) is 0 Å². The minimum absolute atomic E-state index is 0.202. The summed E-state index contributed by atoms with van der Waals surface area (Å²) in [5.74, 6) is -0.274. The molecule has 18 heavy (non-hydrogen) atoms. The van der Waals surface area contributed by atoms with Gasteiger partial charge in [-0.3, -0.25) is 0 Å². The van der Waals surface area contributed by atoms with E-state index >= 15 is 0 Å². The molecule has 94 valence electrons. The molecule has 1 atom stereocenters. The average Bonchev–Trinajstić information content (AvgIpc) is 2.41. The second-order valence-corrected chi connectivity index (χ2v) is 4.16. The van der Waals surface area contributed by atoms with Crippen molar-refractivity contribution in [2.45, 2.75) is 12.8 Å². The van der Waals surface area contributed by atoms with Gasteiger partial charge in [-0.05, 0) is 41.5 Å². The van der Waals surface area contributed by atoms with Crippen LogP contribution in [0.2, 0.25) is 0 Å². The van der Waals surface area contributed by atoms with Crippen LogP contribution in [0.1, 0.15) is 24.0 Å². The fourth-order valence-corrected chi connectivity index (χ4v) is 1.92. The summed E-state index contributed by atoms with van der Waals surface area (Å²) in [6.45, 7) is 1.85. The summed E-state index contributed by atoms with van der Waals surface area (Å²) in [5, 5.41) is 0. The van der Waals surface area contributed by atoms with E-state index in [9.17, 15) is 8.78 Å². The third kappa shape index (κ3) is 2.50. The van der Waals surface area contributed by atoms with Crippen LogP contribution >= 0.6 is 0 Å². The van der Waals surface area contributed by atoms with Gasteiger partial charge in [0.25, 0.3) is 0 Å². The molecule has 1 unspecified atom stereocenters. The third-order valence-corrected chi connectivity index (χ3v) is 3.04. The number of methoxy groups -OCH3 is 1. The topological polar surface area (TPSA) is 9.23 Å². The van der Waals surface area contributed by atoms with Gasteiger partial charge in [0.1, 0.15) is 17.4 Å². The molecule has 0 aliphatic rings. The van der Waals surface area contributed by atoms with E-state index in [1.807, 2.05) is 31.2 Å². The quantitative estimate of drug-likeness (QED) is 0.793. The fraction of sp³-hybridized carbons (Fsp3) is 0.200. The first-order chi connectivity index (χ1) is 8.61. The zero-order valence-electron chi connectivity index (χ0n) is 10.3. The highest BCUT2D eigenvalue weighted by atomic mass is 19.1. The van der Waals surface area contributed by atoms with Gasteiger partial charge < -0.3 is 4.74 Å². The SMILES string of the molecule is COc1ccc(C(C)c2cc(F)ccc2F)cc1. The van der Waals surface area contributed by atoms with Crippen LogP contribution in [0.4, 0.5) is 8.78 Å². The largest absolute Gasteiger partial charge is 0.497 e. The highest BCUT2D eigenvalue weighted by Crippen LogP contribution is 2.28. The summed E-state index contributed by atoms with van der Waals surface area (Å²) >= 11 is 0. The van der Waals surface area contributed by atoms with Crippen molar-refractivity contribution in [3.63, 3.8) is 0 Å². The molecule has 0 heterocycles. The van der Waals surface area contributed by atoms with Gasteiger partial charge in [0.05, 0.1) is 7.11 Å². The van der Waals surface area contributed by atoms with Gasteiger partial charge in [-0.1, -0.05) is 19.1 Å². The smallest absolute Gasteiger partial charge is 0.127 e. The molecular formula is C15H14F2O. The van der Waals surface area contributed by atoms with Gasteiger partial charge in [-0.25, -0.2) is 8.78 Å². The van der Waals surface area contributed by atoms with Crippen LogP contribution in [0.25, 0.3) is 0 Å². The maximum absolute atomic E-state index is 13.7. The Hall–Kier alpha value is -1.90. The molecule has 0 N–H and O–H groups in total. The lowest BCUT2D eigenvalue weighted by Crippen LogP contribution is -2.00. The van der Waals surface area contributed by atoms with Crippen molar-refractivity contribution >= 4 is 0 Å². The van der Waals surface area contributed by atoms with E-state index in [0.29, 0.717) is 5.56 Å². The van der Waals surface area contributed by atoms with E-state index in [1.54, 1.807) is 7.11 Å². The molecule has 1 nitrogen and oxygen atoms in total. The highest BCUT2D eigenvalue weighted by Gasteiger charge is 2.14. The number of hydrogen-bond acceptors (Lipinski definition) is 1. The molecule has 0 aromatic heterocycles. The fourth-order valence-electron chi connectivity index (χ4n) is 1.92. The first-order valence-electron chi connectivity index (χ1n) is 5.70. The van der Waals surface area contributed by atoms with Crippen molar-refractivity contribution in [2.24, 2.45) is 0 Å². The summed E-state index contributed by atoms with van der Waals surface area (Å²) < 4.78 is 31.9. The molecule has 0 aliphatic heterocycles. The standard InChI is InChI=1S/C15H14F2O/c1-10(11-3-6-13(18-2)7-4-11)14-9-12(16)5-8-15(14)17/h3-10H,1-2H3. The maximum Gasteiger partial charge on any atom is 0.127 e. The minimum Gasteiger partial charge on any atom is -0.497 e. The second-order valence-electron chi connectivity index (χ2n) is 4.16. The highest BCUT2D eigenvalue weighted by molar-refractivity contribution is 5.36. The number of benzene rings is 2. The van der Waals surface area contributed by atoms with Crippen molar-refractivity contribution in [3.8, 4) is 5.75 Å². The molecule has 3 heteroatoms. The van der Waals surface area contributed by atoms with Crippen molar-refractivity contribution in [1.82, 2.24) is 0 Å². The first kappa shape index (κ1) is 12.6. The molecule has 0 radical (unpaired) electrons. The summed E-state index contributed by atoms with van der Waals surface area (Å²) in [5.41, 5.74) is 1.28. The summed E-state index contributed by atoms with van der Waals surface area (Å²) in [6, 6.07) is 10.8. The molecule has 2 aromatic carbocycles. The van der Waals surface area contributed by atoms with E-state index in [0.717, 1.165) is 23.4 Å². The lowest BCUT2D eigenvalue weighted by molar-refractivity contribution is 0.414. The van der Waals surface area contributed by atoms with Crippen molar-refractivity contribution in [2.75, 3.05) is 7.11 Å². The van der Waals surface area contributed by atoms with Gasteiger partial charge >= 0.3 is 0 Å². The Morgan fingerprint density at radius 1 is 1.00 bits per heavy atom. The lowest BCUT2D eigenvalue weighted by atomic mass is 9.92. The van der Waals surface area contributed by atoms with Crippen LogP contribution in [-0.2, 0) is 0 Å². The molecule has 0 saturated heterocycles. The zero-order valence-corrected chi connectivity index (χ0v) is 10.3. The molecule has 0 aliphatic carbocycles. The second kappa shape index (κ2) is 5.17. The van der Waals surface area contributed by atoms with Crippen molar-refractivity contribution in [1.29, 1.82) is 0 Å². The first-order valence-corrected chi connectivity index (χ1v) is 5.70. The predicted octanol–water partition coefficient (Wildman–Crippen LogP) is 4.13. The van der Waals surface area contributed by atoms with Crippen LogP contribution in [0, 0.1) is 11.6 Å². The molecular weight excluding hydrogens is 234 g/mol. The summed E-state index contributed by atoms with van der Waals surface area (Å²) in [4.78, 5) is 0. The van der Waals surface area contributed by atoms with Crippen LogP contribution in [0.3, 0.4) is 0 Å². The number of halogens is 2. The number of hydrogen-bond donors (Lipinski definition) is 0. The Kier molecular flexibility index (Phi) is 3.60.